The van der Waals surface area contributed by atoms with Gasteiger partial charge in [0.15, 0.2) is 0 Å². The van der Waals surface area contributed by atoms with Gasteiger partial charge in [-0.25, -0.2) is 0 Å². The summed E-state index contributed by atoms with van der Waals surface area (Å²) in [5.74, 6) is 2.42. The van der Waals surface area contributed by atoms with Crippen LogP contribution in [0.5, 0.6) is 17.2 Å². The molecule has 0 aliphatic carbocycles. The Morgan fingerprint density at radius 1 is 0.714 bits per heavy atom. The molecule has 0 atom stereocenters. The lowest BCUT2D eigenvalue weighted by Crippen LogP contribution is -2.49. The lowest BCUT2D eigenvalue weighted by Gasteiger charge is -2.36. The Bertz CT molecular complexity index is 1030. The van der Waals surface area contributed by atoms with Crippen molar-refractivity contribution in [1.29, 1.82) is 0 Å². The van der Waals surface area contributed by atoms with Gasteiger partial charge in [-0.2, -0.15) is 0 Å². The summed E-state index contributed by atoms with van der Waals surface area (Å²) in [6.45, 7) is 3.77. The van der Waals surface area contributed by atoms with Gasteiger partial charge in [0, 0.05) is 31.9 Å². The van der Waals surface area contributed by atoms with Gasteiger partial charge in [0.25, 0.3) is 0 Å². The van der Waals surface area contributed by atoms with Crippen LogP contribution >= 0.6 is 0 Å². The molecule has 7 nitrogen and oxygen atoms in total. The number of nitrogens with one attached hydrogen (secondary N) is 1. The van der Waals surface area contributed by atoms with Crippen LogP contribution in [0.3, 0.4) is 0 Å². The van der Waals surface area contributed by atoms with E-state index in [1.54, 1.807) is 21.3 Å². The van der Waals surface area contributed by atoms with E-state index in [1.165, 1.54) is 5.69 Å². The van der Waals surface area contributed by atoms with E-state index in [2.05, 4.69) is 27.2 Å². The Labute approximate surface area is 207 Å². The highest BCUT2D eigenvalue weighted by atomic mass is 16.5. The minimum atomic E-state index is -0.264. The fourth-order valence-electron chi connectivity index (χ4n) is 4.32. The fourth-order valence-corrected chi connectivity index (χ4v) is 4.32. The van der Waals surface area contributed by atoms with Crippen LogP contribution in [0.4, 0.5) is 5.69 Å². The van der Waals surface area contributed by atoms with E-state index < -0.39 is 0 Å². The molecule has 1 fully saturated rings. The van der Waals surface area contributed by atoms with Crippen molar-refractivity contribution in [2.45, 2.75) is 6.04 Å². The summed E-state index contributed by atoms with van der Waals surface area (Å²) in [7, 11) is 4.96. The molecule has 1 heterocycles. The minimum absolute atomic E-state index is 0.000432. The van der Waals surface area contributed by atoms with Gasteiger partial charge in [-0.3, -0.25) is 9.69 Å². The maximum atomic E-state index is 13.1. The molecule has 7 heteroatoms. The zero-order valence-corrected chi connectivity index (χ0v) is 20.6. The third-order valence-electron chi connectivity index (χ3n) is 6.38. The highest BCUT2D eigenvalue weighted by Crippen LogP contribution is 2.26. The van der Waals surface area contributed by atoms with Gasteiger partial charge in [-0.1, -0.05) is 24.3 Å². The molecule has 1 aliphatic heterocycles. The number of carbonyl (C=O) groups is 1. The van der Waals surface area contributed by atoms with Crippen LogP contribution in [-0.2, 0) is 4.79 Å². The lowest BCUT2D eigenvalue weighted by molar-refractivity contribution is -0.122. The maximum Gasteiger partial charge on any atom is 0.234 e. The van der Waals surface area contributed by atoms with Gasteiger partial charge in [-0.05, 0) is 59.7 Å². The summed E-state index contributed by atoms with van der Waals surface area (Å²) in [6.07, 6.45) is 0. The molecule has 184 valence electrons. The van der Waals surface area contributed by atoms with Crippen molar-refractivity contribution in [2.75, 3.05) is 59.0 Å². The summed E-state index contributed by atoms with van der Waals surface area (Å²) >= 11 is 0. The first-order valence-corrected chi connectivity index (χ1v) is 11.8. The standard InChI is InChI=1S/C28H33N3O4/c1-33-24-10-4-21(5-11-24)28(22-6-12-25(34-2)13-7-22)29-27(32)20-30-16-18-31(19-17-30)23-8-14-26(35-3)15-9-23/h4-15,28H,16-20H2,1-3H3,(H,29,32). The van der Waals surface area contributed by atoms with Crippen LogP contribution in [0.25, 0.3) is 0 Å². The van der Waals surface area contributed by atoms with E-state index >= 15 is 0 Å². The fraction of sp³-hybridized carbons (Fsp3) is 0.321. The van der Waals surface area contributed by atoms with Crippen molar-refractivity contribution in [3.05, 3.63) is 83.9 Å². The number of rotatable bonds is 9. The van der Waals surface area contributed by atoms with Crippen molar-refractivity contribution in [3.63, 3.8) is 0 Å². The normalized spacial score (nSPS) is 14.0. The lowest BCUT2D eigenvalue weighted by atomic mass is 9.98. The van der Waals surface area contributed by atoms with E-state index in [4.69, 9.17) is 14.2 Å². The molecule has 0 unspecified atom stereocenters. The molecule has 0 spiro atoms. The molecule has 0 bridgehead atoms. The van der Waals surface area contributed by atoms with Gasteiger partial charge in [0.1, 0.15) is 17.2 Å². The van der Waals surface area contributed by atoms with Crippen LogP contribution in [0.15, 0.2) is 72.8 Å². The van der Waals surface area contributed by atoms with E-state index in [-0.39, 0.29) is 11.9 Å². The first kappa shape index (κ1) is 24.4. The van der Waals surface area contributed by atoms with Gasteiger partial charge in [0.2, 0.25) is 5.91 Å². The molecular formula is C28H33N3O4. The van der Waals surface area contributed by atoms with Crippen molar-refractivity contribution in [1.82, 2.24) is 10.2 Å². The van der Waals surface area contributed by atoms with Crippen LogP contribution in [-0.4, -0.2) is 64.9 Å². The number of piperazine rings is 1. The number of anilines is 1. The van der Waals surface area contributed by atoms with Crippen LogP contribution in [0.2, 0.25) is 0 Å². The smallest absolute Gasteiger partial charge is 0.234 e. The maximum absolute atomic E-state index is 13.1. The molecule has 1 N–H and O–H groups in total. The topological polar surface area (TPSA) is 63.3 Å². The predicted molar refractivity (Wildman–Crippen MR) is 138 cm³/mol. The van der Waals surface area contributed by atoms with E-state index in [1.807, 2.05) is 60.7 Å². The second kappa shape index (κ2) is 11.6. The second-order valence-electron chi connectivity index (χ2n) is 8.51. The van der Waals surface area contributed by atoms with E-state index in [9.17, 15) is 4.79 Å². The molecule has 0 saturated carbocycles. The summed E-state index contributed by atoms with van der Waals surface area (Å²) < 4.78 is 15.8. The largest absolute Gasteiger partial charge is 0.497 e. The molecule has 4 rings (SSSR count). The molecule has 1 amide bonds. The van der Waals surface area contributed by atoms with Gasteiger partial charge in [0.05, 0.1) is 33.9 Å². The number of carbonyl (C=O) groups excluding carboxylic acids is 1. The van der Waals surface area contributed by atoms with Crippen molar-refractivity contribution < 1.29 is 19.0 Å². The van der Waals surface area contributed by atoms with Crippen molar-refractivity contribution >= 4 is 11.6 Å². The highest BCUT2D eigenvalue weighted by molar-refractivity contribution is 5.79. The second-order valence-corrected chi connectivity index (χ2v) is 8.51. The number of ether oxygens (including phenoxy) is 3. The first-order valence-electron chi connectivity index (χ1n) is 11.8. The highest BCUT2D eigenvalue weighted by Gasteiger charge is 2.22. The molecule has 0 radical (unpaired) electrons. The number of hydrogen-bond donors (Lipinski definition) is 1. The predicted octanol–water partition coefficient (Wildman–Crippen LogP) is 3.74. The zero-order valence-electron chi connectivity index (χ0n) is 20.6. The minimum Gasteiger partial charge on any atom is -0.497 e. The average Bonchev–Trinajstić information content (AvgIpc) is 2.92. The van der Waals surface area contributed by atoms with Gasteiger partial charge in [-0.15, -0.1) is 0 Å². The Morgan fingerprint density at radius 3 is 1.57 bits per heavy atom. The van der Waals surface area contributed by atoms with E-state index in [0.29, 0.717) is 6.54 Å². The summed E-state index contributed by atoms with van der Waals surface area (Å²) in [6, 6.07) is 23.5. The third-order valence-corrected chi connectivity index (χ3v) is 6.38. The van der Waals surface area contributed by atoms with Gasteiger partial charge < -0.3 is 24.4 Å². The van der Waals surface area contributed by atoms with Crippen LogP contribution < -0.4 is 24.4 Å². The van der Waals surface area contributed by atoms with Gasteiger partial charge >= 0.3 is 0 Å². The SMILES string of the molecule is COc1ccc(C(NC(=O)CN2CCN(c3ccc(OC)cc3)CC2)c2ccc(OC)cc2)cc1. The summed E-state index contributed by atoms with van der Waals surface area (Å²) in [5.41, 5.74) is 3.16. The summed E-state index contributed by atoms with van der Waals surface area (Å²) in [5, 5.41) is 3.24. The molecular weight excluding hydrogens is 442 g/mol. The quantitative estimate of drug-likeness (QED) is 0.509. The molecule has 35 heavy (non-hydrogen) atoms. The Morgan fingerprint density at radius 2 is 1.14 bits per heavy atom. The molecule has 1 saturated heterocycles. The molecule has 3 aromatic rings. The number of nitrogens with zero attached hydrogens (tertiary/aromatic N) is 2. The summed E-state index contributed by atoms with van der Waals surface area (Å²) in [4.78, 5) is 17.6. The molecule has 0 aromatic heterocycles. The average molecular weight is 476 g/mol. The van der Waals surface area contributed by atoms with Crippen LogP contribution in [0.1, 0.15) is 17.2 Å². The third kappa shape index (κ3) is 6.25. The number of amides is 1. The number of benzene rings is 3. The van der Waals surface area contributed by atoms with Crippen molar-refractivity contribution in [2.24, 2.45) is 0 Å². The number of methoxy groups -OCH3 is 3. The van der Waals surface area contributed by atoms with Crippen molar-refractivity contribution in [3.8, 4) is 17.2 Å². The van der Waals surface area contributed by atoms with E-state index in [0.717, 1.165) is 54.6 Å². The Kier molecular flexibility index (Phi) is 8.11. The molecule has 3 aromatic carbocycles. The first-order chi connectivity index (χ1) is 17.1. The monoisotopic (exact) mass is 475 g/mol. The van der Waals surface area contributed by atoms with Crippen LogP contribution in [0, 0.1) is 0 Å². The Hall–Kier alpha value is -3.71. The molecule has 1 aliphatic rings. The zero-order chi connectivity index (χ0) is 24.6. The Balaban J connectivity index is 1.39. The number of hydrogen-bond acceptors (Lipinski definition) is 6.